The zero-order valence-corrected chi connectivity index (χ0v) is 13.8. The lowest BCUT2D eigenvalue weighted by Gasteiger charge is -2.31. The molecule has 0 aromatic carbocycles. The van der Waals surface area contributed by atoms with E-state index in [4.69, 9.17) is 0 Å². The maximum Gasteiger partial charge on any atom is 0.140 e. The minimum atomic E-state index is 0.769. The predicted molar refractivity (Wildman–Crippen MR) is 83.0 cm³/mol. The minimum absolute atomic E-state index is 0.769. The van der Waals surface area contributed by atoms with Crippen molar-refractivity contribution in [3.05, 3.63) is 21.2 Å². The number of halogens is 2. The third kappa shape index (κ3) is 3.93. The SMILES string of the molecule is CCN1CCC(CNc2ncc(Br)cc2Br)CC1. The molecule has 0 amide bonds. The molecule has 0 radical (unpaired) electrons. The van der Waals surface area contributed by atoms with Crippen LogP contribution in [0.15, 0.2) is 21.2 Å². The van der Waals surface area contributed by atoms with Gasteiger partial charge in [-0.25, -0.2) is 4.98 Å². The molecule has 3 nitrogen and oxygen atoms in total. The van der Waals surface area contributed by atoms with E-state index in [1.165, 1.54) is 32.5 Å². The van der Waals surface area contributed by atoms with Gasteiger partial charge in [-0.1, -0.05) is 6.92 Å². The lowest BCUT2D eigenvalue weighted by Crippen LogP contribution is -2.35. The fraction of sp³-hybridized carbons (Fsp3) is 0.615. The highest BCUT2D eigenvalue weighted by Gasteiger charge is 2.18. The Morgan fingerprint density at radius 2 is 2.11 bits per heavy atom. The first-order chi connectivity index (χ1) is 8.69. The second-order valence-electron chi connectivity index (χ2n) is 4.74. The van der Waals surface area contributed by atoms with Crippen LogP contribution < -0.4 is 5.32 Å². The third-order valence-electron chi connectivity index (χ3n) is 3.52. The molecule has 0 unspecified atom stereocenters. The highest BCUT2D eigenvalue weighted by Crippen LogP contribution is 2.24. The number of likely N-dealkylation sites (tertiary alicyclic amines) is 1. The van der Waals surface area contributed by atoms with Gasteiger partial charge in [0.2, 0.25) is 0 Å². The van der Waals surface area contributed by atoms with Gasteiger partial charge in [0.05, 0.1) is 4.47 Å². The van der Waals surface area contributed by atoms with E-state index < -0.39 is 0 Å². The summed E-state index contributed by atoms with van der Waals surface area (Å²) in [5.74, 6) is 1.71. The van der Waals surface area contributed by atoms with Crippen LogP contribution in [0.4, 0.5) is 5.82 Å². The number of nitrogens with one attached hydrogen (secondary N) is 1. The monoisotopic (exact) mass is 375 g/mol. The summed E-state index contributed by atoms with van der Waals surface area (Å²) in [4.78, 5) is 6.90. The van der Waals surface area contributed by atoms with Crippen molar-refractivity contribution in [1.29, 1.82) is 0 Å². The number of rotatable bonds is 4. The lowest BCUT2D eigenvalue weighted by atomic mass is 9.97. The van der Waals surface area contributed by atoms with Gasteiger partial charge in [-0.15, -0.1) is 0 Å². The van der Waals surface area contributed by atoms with Crippen molar-refractivity contribution >= 4 is 37.7 Å². The third-order valence-corrected chi connectivity index (χ3v) is 4.56. The number of anilines is 1. The van der Waals surface area contributed by atoms with Gasteiger partial charge in [0.25, 0.3) is 0 Å². The first kappa shape index (κ1) is 14.3. The molecule has 1 fully saturated rings. The van der Waals surface area contributed by atoms with Gasteiger partial charge >= 0.3 is 0 Å². The standard InChI is InChI=1S/C13H19Br2N3/c1-2-18-5-3-10(4-6-18)8-16-13-12(15)7-11(14)9-17-13/h7,9-10H,2-6,8H2,1H3,(H,16,17). The molecule has 18 heavy (non-hydrogen) atoms. The zero-order valence-electron chi connectivity index (χ0n) is 10.6. The van der Waals surface area contributed by atoms with E-state index >= 15 is 0 Å². The highest BCUT2D eigenvalue weighted by molar-refractivity contribution is 9.11. The van der Waals surface area contributed by atoms with Crippen LogP contribution >= 0.6 is 31.9 Å². The molecule has 5 heteroatoms. The summed E-state index contributed by atoms with van der Waals surface area (Å²) in [7, 11) is 0. The Balaban J connectivity index is 1.81. The molecule has 1 aromatic rings. The van der Waals surface area contributed by atoms with Gasteiger partial charge in [0.15, 0.2) is 0 Å². The van der Waals surface area contributed by atoms with E-state index in [9.17, 15) is 0 Å². The molecule has 100 valence electrons. The van der Waals surface area contributed by atoms with Crippen molar-refractivity contribution in [2.24, 2.45) is 5.92 Å². The smallest absolute Gasteiger partial charge is 0.140 e. The second kappa shape index (κ2) is 6.87. The maximum absolute atomic E-state index is 4.38. The minimum Gasteiger partial charge on any atom is -0.369 e. The van der Waals surface area contributed by atoms with Crippen molar-refractivity contribution in [2.45, 2.75) is 19.8 Å². The molecule has 1 aromatic heterocycles. The molecule has 1 aliphatic rings. The van der Waals surface area contributed by atoms with E-state index in [0.29, 0.717) is 0 Å². The summed E-state index contributed by atoms with van der Waals surface area (Å²) in [6, 6.07) is 2.02. The average Bonchev–Trinajstić information content (AvgIpc) is 2.38. The number of pyridine rings is 1. The van der Waals surface area contributed by atoms with E-state index in [-0.39, 0.29) is 0 Å². The fourth-order valence-electron chi connectivity index (χ4n) is 2.29. The Hall–Kier alpha value is -0.130. The Labute approximate surface area is 126 Å². The molecule has 2 heterocycles. The summed E-state index contributed by atoms with van der Waals surface area (Å²) < 4.78 is 2.01. The number of hydrogen-bond donors (Lipinski definition) is 1. The molecule has 1 N–H and O–H groups in total. The van der Waals surface area contributed by atoms with Crippen LogP contribution in [-0.4, -0.2) is 36.1 Å². The second-order valence-corrected chi connectivity index (χ2v) is 6.51. The van der Waals surface area contributed by atoms with Gasteiger partial charge in [-0.05, 0) is 76.3 Å². The lowest BCUT2D eigenvalue weighted by molar-refractivity contribution is 0.198. The summed E-state index contributed by atoms with van der Waals surface area (Å²) in [6.45, 7) is 6.90. The van der Waals surface area contributed by atoms with Gasteiger partial charge in [-0.3, -0.25) is 0 Å². The topological polar surface area (TPSA) is 28.2 Å². The summed E-state index contributed by atoms with van der Waals surface area (Å²) in [5, 5.41) is 3.45. The fourth-order valence-corrected chi connectivity index (χ4v) is 3.42. The van der Waals surface area contributed by atoms with E-state index in [1.54, 1.807) is 0 Å². The summed E-state index contributed by atoms with van der Waals surface area (Å²) >= 11 is 6.94. The van der Waals surface area contributed by atoms with Gasteiger partial charge in [0.1, 0.15) is 5.82 Å². The molecule has 0 saturated carbocycles. The van der Waals surface area contributed by atoms with Crippen LogP contribution in [0.3, 0.4) is 0 Å². The first-order valence-electron chi connectivity index (χ1n) is 6.46. The van der Waals surface area contributed by atoms with Crippen LogP contribution in [0.2, 0.25) is 0 Å². The van der Waals surface area contributed by atoms with Crippen molar-refractivity contribution in [2.75, 3.05) is 31.5 Å². The van der Waals surface area contributed by atoms with Crippen LogP contribution in [0, 0.1) is 5.92 Å². The highest BCUT2D eigenvalue weighted by atomic mass is 79.9. The number of aromatic nitrogens is 1. The Bertz CT molecular complexity index is 390. The largest absolute Gasteiger partial charge is 0.369 e. The number of hydrogen-bond acceptors (Lipinski definition) is 3. The zero-order chi connectivity index (χ0) is 13.0. The molecule has 0 bridgehead atoms. The molecular formula is C13H19Br2N3. The van der Waals surface area contributed by atoms with E-state index in [0.717, 1.165) is 27.2 Å². The maximum atomic E-state index is 4.38. The van der Waals surface area contributed by atoms with Gasteiger partial charge < -0.3 is 10.2 Å². The van der Waals surface area contributed by atoms with Crippen LogP contribution in [0.1, 0.15) is 19.8 Å². The van der Waals surface area contributed by atoms with Gasteiger partial charge in [0, 0.05) is 17.2 Å². The van der Waals surface area contributed by atoms with Gasteiger partial charge in [-0.2, -0.15) is 0 Å². The normalized spacial score (nSPS) is 17.9. The van der Waals surface area contributed by atoms with E-state index in [2.05, 4.69) is 54.0 Å². The molecule has 0 atom stereocenters. The molecule has 0 spiro atoms. The molecule has 1 saturated heterocycles. The number of piperidine rings is 1. The quantitative estimate of drug-likeness (QED) is 0.867. The Morgan fingerprint density at radius 3 is 2.72 bits per heavy atom. The van der Waals surface area contributed by atoms with Crippen molar-refractivity contribution < 1.29 is 0 Å². The van der Waals surface area contributed by atoms with E-state index in [1.807, 2.05) is 12.3 Å². The molecule has 0 aliphatic carbocycles. The predicted octanol–water partition coefficient (Wildman–Crippen LogP) is 3.75. The molecule has 2 rings (SSSR count). The first-order valence-corrected chi connectivity index (χ1v) is 8.05. The summed E-state index contributed by atoms with van der Waals surface area (Å²) in [6.07, 6.45) is 4.40. The Morgan fingerprint density at radius 1 is 1.39 bits per heavy atom. The van der Waals surface area contributed by atoms with Crippen molar-refractivity contribution in [3.63, 3.8) is 0 Å². The van der Waals surface area contributed by atoms with Crippen LogP contribution in [-0.2, 0) is 0 Å². The summed E-state index contributed by atoms with van der Waals surface area (Å²) in [5.41, 5.74) is 0. The van der Waals surface area contributed by atoms with Crippen LogP contribution in [0.25, 0.3) is 0 Å². The average molecular weight is 377 g/mol. The van der Waals surface area contributed by atoms with Crippen molar-refractivity contribution in [1.82, 2.24) is 9.88 Å². The van der Waals surface area contributed by atoms with Crippen LogP contribution in [0.5, 0.6) is 0 Å². The number of nitrogens with zero attached hydrogens (tertiary/aromatic N) is 2. The molecular weight excluding hydrogens is 358 g/mol. The Kier molecular flexibility index (Phi) is 5.45. The molecule has 1 aliphatic heterocycles. The van der Waals surface area contributed by atoms with Crippen molar-refractivity contribution in [3.8, 4) is 0 Å².